The number of primary amides is 1. The number of phenols is 1. The van der Waals surface area contributed by atoms with Crippen LogP contribution in [0.3, 0.4) is 0 Å². The molecule has 1 saturated carbocycles. The number of aliphatic hydroxyl groups is 4. The molecule has 0 aromatic heterocycles. The summed E-state index contributed by atoms with van der Waals surface area (Å²) < 4.78 is 0. The van der Waals surface area contributed by atoms with Gasteiger partial charge in [-0.15, -0.1) is 6.42 Å². The van der Waals surface area contributed by atoms with E-state index in [9.17, 15) is 39.9 Å². The summed E-state index contributed by atoms with van der Waals surface area (Å²) >= 11 is 0. The van der Waals surface area contributed by atoms with Crippen LogP contribution in [-0.2, 0) is 14.4 Å². The number of carbonyl (C=O) groups is 3. The van der Waals surface area contributed by atoms with E-state index < -0.39 is 81.4 Å². The summed E-state index contributed by atoms with van der Waals surface area (Å²) in [5.41, 5.74) is 1.22. The van der Waals surface area contributed by atoms with E-state index in [0.29, 0.717) is 5.56 Å². The smallest absolute Gasteiger partial charge is 0.255 e. The van der Waals surface area contributed by atoms with Crippen molar-refractivity contribution in [2.24, 2.45) is 17.6 Å². The zero-order valence-electron chi connectivity index (χ0n) is 18.6. The van der Waals surface area contributed by atoms with Crippen LogP contribution >= 0.6 is 0 Å². The van der Waals surface area contributed by atoms with Gasteiger partial charge in [-0.2, -0.15) is 0 Å². The average molecular weight is 468 g/mol. The number of nitrogens with zero attached hydrogens (tertiary/aromatic N) is 1. The van der Waals surface area contributed by atoms with Crippen molar-refractivity contribution >= 4 is 23.2 Å². The normalized spacial score (nSPS) is 32.8. The van der Waals surface area contributed by atoms with Crippen molar-refractivity contribution < 1.29 is 39.9 Å². The van der Waals surface area contributed by atoms with E-state index in [1.807, 2.05) is 0 Å². The van der Waals surface area contributed by atoms with Gasteiger partial charge in [-0.3, -0.25) is 19.3 Å². The number of likely N-dealkylation sites (N-methyl/N-ethyl adjacent to an activating group) is 1. The summed E-state index contributed by atoms with van der Waals surface area (Å²) in [6.07, 6.45) is 3.76. The Bertz CT molecular complexity index is 1270. The molecule has 0 aliphatic heterocycles. The summed E-state index contributed by atoms with van der Waals surface area (Å²) in [6.45, 7) is 1.64. The monoisotopic (exact) mass is 468 g/mol. The highest BCUT2D eigenvalue weighted by molar-refractivity contribution is 6.24. The number of amides is 1. The predicted molar refractivity (Wildman–Crippen MR) is 118 cm³/mol. The van der Waals surface area contributed by atoms with Crippen molar-refractivity contribution in [2.45, 2.75) is 30.6 Å². The standard InChI is InChI=1S/C24H24N2O8/c1-5-9-6-7-10-8(2)11-13(18(28)12(10)17(9)27)21(31)24(34)15(19(11)29)16(26(3)4)20(30)14(22(24)32)23(25)33/h1,6-8,11,15-16,19,27-29,32,34H,2-4H3,(H2,25,33)/t8-,11?,15?,16-,19-,24-/m0/s1. The number of aliphatic hydroxyl groups excluding tert-OH is 3. The lowest BCUT2D eigenvalue weighted by atomic mass is 9.54. The second-order valence-corrected chi connectivity index (χ2v) is 9.12. The highest BCUT2D eigenvalue weighted by Gasteiger charge is 2.68. The molecule has 0 saturated heterocycles. The highest BCUT2D eigenvalue weighted by atomic mass is 16.4. The minimum absolute atomic E-state index is 0.0478. The molecule has 178 valence electrons. The lowest BCUT2D eigenvalue weighted by Crippen LogP contribution is -2.70. The number of fused-ring (bicyclic) bond motifs is 3. The number of ketones is 2. The molecule has 1 amide bonds. The van der Waals surface area contributed by atoms with Crippen LogP contribution in [0.1, 0.15) is 29.5 Å². The van der Waals surface area contributed by atoms with E-state index in [4.69, 9.17) is 12.2 Å². The first kappa shape index (κ1) is 23.5. The Hall–Kier alpha value is -3.65. The Morgan fingerprint density at radius 2 is 1.82 bits per heavy atom. The predicted octanol–water partition coefficient (Wildman–Crippen LogP) is -0.523. The first-order valence-electron chi connectivity index (χ1n) is 10.5. The Labute approximate surface area is 194 Å². The number of terminal acetylenes is 1. The number of carbonyl (C=O) groups excluding carboxylic acids is 3. The Morgan fingerprint density at radius 1 is 1.21 bits per heavy atom. The number of phenolic OH excluding ortho intramolecular Hbond substituents is 1. The third-order valence-corrected chi connectivity index (χ3v) is 7.28. The molecule has 1 fully saturated rings. The number of hydrogen-bond acceptors (Lipinski definition) is 9. The fourth-order valence-electron chi connectivity index (χ4n) is 5.73. The first-order valence-corrected chi connectivity index (χ1v) is 10.5. The van der Waals surface area contributed by atoms with Crippen LogP contribution in [-0.4, -0.2) is 79.7 Å². The molecular formula is C24H24N2O8. The minimum atomic E-state index is -2.94. The van der Waals surface area contributed by atoms with Gasteiger partial charge in [-0.05, 0) is 31.6 Å². The maximum Gasteiger partial charge on any atom is 0.255 e. The van der Waals surface area contributed by atoms with Crippen LogP contribution < -0.4 is 5.73 Å². The molecule has 2 unspecified atom stereocenters. The fraction of sp³-hybridized carbons (Fsp3) is 0.375. The van der Waals surface area contributed by atoms with Gasteiger partial charge in [0.25, 0.3) is 5.91 Å². The van der Waals surface area contributed by atoms with Crippen molar-refractivity contribution in [3.8, 4) is 18.1 Å². The second-order valence-electron chi connectivity index (χ2n) is 9.12. The molecular weight excluding hydrogens is 444 g/mol. The molecule has 10 heteroatoms. The lowest BCUT2D eigenvalue weighted by molar-refractivity contribution is -0.169. The summed E-state index contributed by atoms with van der Waals surface area (Å²) in [5.74, 6) is -7.11. The molecule has 3 aliphatic rings. The van der Waals surface area contributed by atoms with E-state index >= 15 is 0 Å². The Morgan fingerprint density at radius 3 is 2.35 bits per heavy atom. The molecule has 1 aromatic rings. The van der Waals surface area contributed by atoms with Gasteiger partial charge < -0.3 is 31.3 Å². The number of benzene rings is 1. The topological polar surface area (TPSA) is 182 Å². The van der Waals surface area contributed by atoms with E-state index in [1.165, 1.54) is 25.1 Å². The summed E-state index contributed by atoms with van der Waals surface area (Å²) in [4.78, 5) is 40.2. The van der Waals surface area contributed by atoms with Gasteiger partial charge in [-0.1, -0.05) is 18.9 Å². The molecule has 0 bridgehead atoms. The van der Waals surface area contributed by atoms with E-state index in [2.05, 4.69) is 5.92 Å². The van der Waals surface area contributed by atoms with E-state index in [1.54, 1.807) is 13.0 Å². The molecule has 10 nitrogen and oxygen atoms in total. The molecule has 0 heterocycles. The number of aromatic hydroxyl groups is 1. The SMILES string of the molecule is C#Cc1ccc2c(c1O)C(O)=C1C(=O)[C@]3(O)C(O)=C(C(N)=O)C(=O)[C@@H](N(C)C)C3[C@@H](O)C1[C@H]2C. The van der Waals surface area contributed by atoms with Gasteiger partial charge in [0, 0.05) is 11.5 Å². The quantitative estimate of drug-likeness (QED) is 0.246. The first-order chi connectivity index (χ1) is 15.8. The summed E-state index contributed by atoms with van der Waals surface area (Å²) in [7, 11) is 2.89. The number of rotatable bonds is 2. The van der Waals surface area contributed by atoms with Crippen molar-refractivity contribution in [2.75, 3.05) is 14.1 Å². The molecule has 0 radical (unpaired) electrons. The molecule has 4 rings (SSSR count). The summed E-state index contributed by atoms with van der Waals surface area (Å²) in [6, 6.07) is 1.62. The van der Waals surface area contributed by atoms with Crippen LogP contribution in [0.2, 0.25) is 0 Å². The molecule has 3 aliphatic carbocycles. The van der Waals surface area contributed by atoms with Gasteiger partial charge >= 0.3 is 0 Å². The van der Waals surface area contributed by atoms with Crippen LogP contribution in [0.15, 0.2) is 29.0 Å². The van der Waals surface area contributed by atoms with Crippen LogP contribution in [0.5, 0.6) is 5.75 Å². The van der Waals surface area contributed by atoms with Gasteiger partial charge in [0.05, 0.1) is 29.2 Å². The highest BCUT2D eigenvalue weighted by Crippen LogP contribution is 2.56. The van der Waals surface area contributed by atoms with Crippen LogP contribution in [0.4, 0.5) is 0 Å². The van der Waals surface area contributed by atoms with Gasteiger partial charge in [0.1, 0.15) is 22.8 Å². The number of Topliss-reactive ketones (excluding diaryl/α,β-unsaturated/α-hetero) is 2. The van der Waals surface area contributed by atoms with Gasteiger partial charge in [0.2, 0.25) is 5.78 Å². The maximum atomic E-state index is 13.8. The molecule has 1 aromatic carbocycles. The number of nitrogens with two attached hydrogens (primary N) is 1. The van der Waals surface area contributed by atoms with Gasteiger partial charge in [-0.25, -0.2) is 0 Å². The van der Waals surface area contributed by atoms with Gasteiger partial charge in [0.15, 0.2) is 11.4 Å². The van der Waals surface area contributed by atoms with E-state index in [-0.39, 0.29) is 11.1 Å². The molecule has 34 heavy (non-hydrogen) atoms. The maximum absolute atomic E-state index is 13.8. The van der Waals surface area contributed by atoms with Crippen LogP contribution in [0.25, 0.3) is 5.76 Å². The third-order valence-electron chi connectivity index (χ3n) is 7.28. The Kier molecular flexibility index (Phi) is 5.14. The van der Waals surface area contributed by atoms with Crippen molar-refractivity contribution in [1.82, 2.24) is 4.90 Å². The molecule has 6 atom stereocenters. The van der Waals surface area contributed by atoms with Crippen molar-refractivity contribution in [1.29, 1.82) is 0 Å². The largest absolute Gasteiger partial charge is 0.508 e. The van der Waals surface area contributed by atoms with E-state index in [0.717, 1.165) is 0 Å². The second kappa shape index (κ2) is 7.43. The minimum Gasteiger partial charge on any atom is -0.508 e. The summed E-state index contributed by atoms with van der Waals surface area (Å²) in [5, 5.41) is 55.6. The third kappa shape index (κ3) is 2.66. The lowest BCUT2D eigenvalue weighted by Gasteiger charge is -2.53. The Balaban J connectivity index is 2.08. The van der Waals surface area contributed by atoms with Crippen LogP contribution in [0, 0.1) is 24.2 Å². The van der Waals surface area contributed by atoms with Crippen molar-refractivity contribution in [3.63, 3.8) is 0 Å². The zero-order chi connectivity index (χ0) is 25.4. The average Bonchev–Trinajstić information content (AvgIpc) is 2.75. The fourth-order valence-corrected chi connectivity index (χ4v) is 5.73. The van der Waals surface area contributed by atoms with Crippen molar-refractivity contribution in [3.05, 3.63) is 45.7 Å². The molecule has 0 spiro atoms. The number of hydrogen-bond donors (Lipinski definition) is 6. The zero-order valence-corrected chi connectivity index (χ0v) is 18.6. The molecule has 7 N–H and O–H groups in total.